The van der Waals surface area contributed by atoms with Gasteiger partial charge in [-0.15, -0.1) is 0 Å². The van der Waals surface area contributed by atoms with Gasteiger partial charge in [-0.05, 0) is 43.7 Å². The highest BCUT2D eigenvalue weighted by Crippen LogP contribution is 2.29. The minimum atomic E-state index is -4.38. The molecule has 1 aromatic heterocycles. The molecule has 0 aliphatic rings. The molecule has 0 radical (unpaired) electrons. The van der Waals surface area contributed by atoms with Crippen LogP contribution in [0.3, 0.4) is 0 Å². The number of hydrogen-bond acceptors (Lipinski definition) is 2. The van der Waals surface area contributed by atoms with Crippen LogP contribution in [0.2, 0.25) is 0 Å². The first-order valence-corrected chi connectivity index (χ1v) is 8.70. The number of imidazole rings is 1. The number of rotatable bonds is 5. The van der Waals surface area contributed by atoms with Crippen molar-refractivity contribution >= 4 is 16.9 Å². The number of nitrogens with one attached hydrogen (secondary N) is 1. The van der Waals surface area contributed by atoms with E-state index in [0.717, 1.165) is 35.5 Å². The fraction of sp³-hybridized carbons (Fsp3) is 0.300. The van der Waals surface area contributed by atoms with Crippen molar-refractivity contribution < 1.29 is 18.0 Å². The Morgan fingerprint density at radius 2 is 1.81 bits per heavy atom. The lowest BCUT2D eigenvalue weighted by Gasteiger charge is -2.15. The molecule has 1 heterocycles. The molecule has 4 nitrogen and oxygen atoms in total. The molecule has 1 amide bonds. The van der Waals surface area contributed by atoms with Gasteiger partial charge in [0.05, 0.1) is 29.1 Å². The van der Waals surface area contributed by atoms with Crippen molar-refractivity contribution in [3.05, 3.63) is 65.5 Å². The third kappa shape index (κ3) is 4.13. The minimum absolute atomic E-state index is 0.00876. The molecule has 142 valence electrons. The Bertz CT molecular complexity index is 945. The number of fused-ring (bicyclic) bond motifs is 1. The van der Waals surface area contributed by atoms with Gasteiger partial charge in [0.25, 0.3) is 0 Å². The molecule has 27 heavy (non-hydrogen) atoms. The van der Waals surface area contributed by atoms with Crippen LogP contribution in [0, 0.1) is 0 Å². The number of halogens is 3. The molecule has 7 heteroatoms. The second-order valence-corrected chi connectivity index (χ2v) is 6.36. The largest absolute Gasteiger partial charge is 0.416 e. The van der Waals surface area contributed by atoms with Crippen molar-refractivity contribution in [2.75, 3.05) is 0 Å². The molecule has 3 aromatic rings. The number of carbonyl (C=O) groups is 1. The maximum Gasteiger partial charge on any atom is 0.416 e. The molecule has 1 atom stereocenters. The SMILES string of the molecule is CCn1c(C(C)NC(=O)Cc2ccc(C(F)(F)F)cc2)nc2ccccc21. The standard InChI is InChI=1S/C20H20F3N3O/c1-3-26-17-7-5-4-6-16(17)25-19(26)13(2)24-18(27)12-14-8-10-15(11-9-14)20(21,22)23/h4-11,13H,3,12H2,1-2H3,(H,24,27). The highest BCUT2D eigenvalue weighted by molar-refractivity contribution is 5.79. The van der Waals surface area contributed by atoms with Crippen LogP contribution in [0.25, 0.3) is 11.0 Å². The van der Waals surface area contributed by atoms with Gasteiger partial charge in [-0.2, -0.15) is 13.2 Å². The molecule has 0 aliphatic carbocycles. The summed E-state index contributed by atoms with van der Waals surface area (Å²) in [5, 5.41) is 2.88. The van der Waals surface area contributed by atoms with Gasteiger partial charge in [-0.1, -0.05) is 24.3 Å². The monoisotopic (exact) mass is 375 g/mol. The van der Waals surface area contributed by atoms with Gasteiger partial charge < -0.3 is 9.88 Å². The zero-order valence-corrected chi connectivity index (χ0v) is 15.0. The van der Waals surface area contributed by atoms with Gasteiger partial charge >= 0.3 is 6.18 Å². The Balaban J connectivity index is 1.71. The van der Waals surface area contributed by atoms with Gasteiger partial charge in [-0.25, -0.2) is 4.98 Å². The number of para-hydroxylation sites is 2. The van der Waals surface area contributed by atoms with E-state index in [-0.39, 0.29) is 18.4 Å². The van der Waals surface area contributed by atoms with E-state index in [0.29, 0.717) is 5.56 Å². The average molecular weight is 375 g/mol. The van der Waals surface area contributed by atoms with E-state index in [1.165, 1.54) is 12.1 Å². The molecule has 1 N–H and O–H groups in total. The van der Waals surface area contributed by atoms with Crippen molar-refractivity contribution in [1.29, 1.82) is 0 Å². The Morgan fingerprint density at radius 1 is 1.15 bits per heavy atom. The summed E-state index contributed by atoms with van der Waals surface area (Å²) in [6.07, 6.45) is -4.37. The Labute approximate surface area is 155 Å². The normalized spacial score (nSPS) is 12.9. The van der Waals surface area contributed by atoms with Gasteiger partial charge in [0.2, 0.25) is 5.91 Å². The van der Waals surface area contributed by atoms with Gasteiger partial charge in [-0.3, -0.25) is 4.79 Å². The Kier molecular flexibility index (Phi) is 5.21. The average Bonchev–Trinajstić information content (AvgIpc) is 3.00. The minimum Gasteiger partial charge on any atom is -0.346 e. The molecule has 0 saturated carbocycles. The fourth-order valence-corrected chi connectivity index (χ4v) is 3.11. The van der Waals surface area contributed by atoms with E-state index in [9.17, 15) is 18.0 Å². The van der Waals surface area contributed by atoms with Crippen LogP contribution in [-0.4, -0.2) is 15.5 Å². The first-order valence-electron chi connectivity index (χ1n) is 8.70. The predicted octanol–water partition coefficient (Wildman–Crippen LogP) is 4.49. The second kappa shape index (κ2) is 7.42. The zero-order chi connectivity index (χ0) is 19.6. The summed E-state index contributed by atoms with van der Waals surface area (Å²) < 4.78 is 39.9. The number of aromatic nitrogens is 2. The quantitative estimate of drug-likeness (QED) is 0.714. The fourth-order valence-electron chi connectivity index (χ4n) is 3.11. The van der Waals surface area contributed by atoms with E-state index in [1.54, 1.807) is 0 Å². The van der Waals surface area contributed by atoms with E-state index in [4.69, 9.17) is 0 Å². The van der Waals surface area contributed by atoms with Crippen LogP contribution < -0.4 is 5.32 Å². The van der Waals surface area contributed by atoms with Crippen LogP contribution in [0.15, 0.2) is 48.5 Å². The molecule has 0 fully saturated rings. The summed E-state index contributed by atoms with van der Waals surface area (Å²) in [6, 6.07) is 12.1. The number of nitrogens with zero attached hydrogens (tertiary/aromatic N) is 2. The van der Waals surface area contributed by atoms with Crippen molar-refractivity contribution in [3.8, 4) is 0 Å². The van der Waals surface area contributed by atoms with Crippen LogP contribution in [0.5, 0.6) is 0 Å². The summed E-state index contributed by atoms with van der Waals surface area (Å²) in [4.78, 5) is 16.9. The molecule has 0 saturated heterocycles. The Morgan fingerprint density at radius 3 is 2.44 bits per heavy atom. The zero-order valence-electron chi connectivity index (χ0n) is 15.0. The van der Waals surface area contributed by atoms with E-state index >= 15 is 0 Å². The predicted molar refractivity (Wildman–Crippen MR) is 97.1 cm³/mol. The lowest BCUT2D eigenvalue weighted by Crippen LogP contribution is -2.30. The van der Waals surface area contributed by atoms with Crippen molar-refractivity contribution in [3.63, 3.8) is 0 Å². The molecule has 0 aliphatic heterocycles. The summed E-state index contributed by atoms with van der Waals surface area (Å²) >= 11 is 0. The van der Waals surface area contributed by atoms with Crippen LogP contribution >= 0.6 is 0 Å². The molecule has 2 aromatic carbocycles. The topological polar surface area (TPSA) is 46.9 Å². The Hall–Kier alpha value is -2.83. The number of alkyl halides is 3. The lowest BCUT2D eigenvalue weighted by molar-refractivity contribution is -0.137. The molecular formula is C20H20F3N3O. The lowest BCUT2D eigenvalue weighted by atomic mass is 10.1. The van der Waals surface area contributed by atoms with Crippen LogP contribution in [0.4, 0.5) is 13.2 Å². The number of amides is 1. The number of benzene rings is 2. The van der Waals surface area contributed by atoms with E-state index < -0.39 is 11.7 Å². The van der Waals surface area contributed by atoms with Crippen LogP contribution in [-0.2, 0) is 23.9 Å². The maximum atomic E-state index is 12.6. The summed E-state index contributed by atoms with van der Waals surface area (Å²) in [7, 11) is 0. The van der Waals surface area contributed by atoms with Crippen LogP contribution in [0.1, 0.15) is 36.8 Å². The smallest absolute Gasteiger partial charge is 0.346 e. The summed E-state index contributed by atoms with van der Waals surface area (Å²) in [5.74, 6) is 0.483. The van der Waals surface area contributed by atoms with Gasteiger partial charge in [0, 0.05) is 6.54 Å². The second-order valence-electron chi connectivity index (χ2n) is 6.36. The molecule has 3 rings (SSSR count). The van der Waals surface area contributed by atoms with Gasteiger partial charge in [0.1, 0.15) is 5.82 Å². The third-order valence-electron chi connectivity index (χ3n) is 4.41. The summed E-state index contributed by atoms with van der Waals surface area (Å²) in [6.45, 7) is 4.57. The molecule has 1 unspecified atom stereocenters. The van der Waals surface area contributed by atoms with Gasteiger partial charge in [0.15, 0.2) is 0 Å². The third-order valence-corrected chi connectivity index (χ3v) is 4.41. The highest BCUT2D eigenvalue weighted by atomic mass is 19.4. The van der Waals surface area contributed by atoms with E-state index in [2.05, 4.69) is 10.3 Å². The summed E-state index contributed by atoms with van der Waals surface area (Å²) in [5.41, 5.74) is 1.66. The van der Waals surface area contributed by atoms with E-state index in [1.807, 2.05) is 42.7 Å². The van der Waals surface area contributed by atoms with Crippen molar-refractivity contribution in [1.82, 2.24) is 14.9 Å². The maximum absolute atomic E-state index is 12.6. The molecular weight excluding hydrogens is 355 g/mol. The highest BCUT2D eigenvalue weighted by Gasteiger charge is 2.30. The van der Waals surface area contributed by atoms with Crippen molar-refractivity contribution in [2.45, 2.75) is 39.0 Å². The van der Waals surface area contributed by atoms with Crippen molar-refractivity contribution in [2.24, 2.45) is 0 Å². The number of aryl methyl sites for hydroxylation is 1. The molecule has 0 spiro atoms. The number of carbonyl (C=O) groups excluding carboxylic acids is 1. The first-order chi connectivity index (χ1) is 12.8. The molecule has 0 bridgehead atoms. The first kappa shape index (κ1) is 18.9. The number of hydrogen-bond donors (Lipinski definition) is 1.